The minimum absolute atomic E-state index is 0. The first-order chi connectivity index (χ1) is 5.52. The van der Waals surface area contributed by atoms with E-state index in [9.17, 15) is 4.79 Å². The van der Waals surface area contributed by atoms with Gasteiger partial charge in [0.2, 0.25) is 0 Å². The number of rotatable bonds is 1. The van der Waals surface area contributed by atoms with Crippen molar-refractivity contribution in [3.05, 3.63) is 19.5 Å². The Bertz CT molecular complexity index is 320. The Morgan fingerprint density at radius 1 is 1.15 bits per heavy atom. The van der Waals surface area contributed by atoms with Crippen LogP contribution in [0.4, 0.5) is 0 Å². The minimum atomic E-state index is -1.08. The molecule has 0 unspecified atom stereocenters. The lowest BCUT2D eigenvalue weighted by Gasteiger charge is -2.00. The van der Waals surface area contributed by atoms with Gasteiger partial charge in [0, 0.05) is 0 Å². The molecule has 0 fully saturated rings. The van der Waals surface area contributed by atoms with Gasteiger partial charge in [0.15, 0.2) is 4.73 Å². The van der Waals surface area contributed by atoms with Crippen LogP contribution < -0.4 is 0 Å². The molecule has 1 heterocycles. The first kappa shape index (κ1) is 13.5. The molecule has 1 rings (SSSR count). The van der Waals surface area contributed by atoms with Crippen molar-refractivity contribution in [3.63, 3.8) is 0 Å². The third kappa shape index (κ3) is 3.26. The lowest BCUT2D eigenvalue weighted by atomic mass is 10.4. The Morgan fingerprint density at radius 2 is 1.54 bits per heavy atom. The molecule has 0 bridgehead atoms. The molecule has 0 atom stereocenters. The third-order valence-corrected chi connectivity index (χ3v) is 2.51. The number of halogens is 4. The largest absolute Gasteiger partial charge is 0.477 e. The predicted octanol–water partition coefficient (Wildman–Crippen LogP) is 3.04. The number of carbonyl (C=O) groups is 1. The standard InChI is InChI=1S/C5HBr3N2O2.BrH/c6-2-1(4(11)12)3(7)10-5(8)9-2;/h(H,11,12);1H. The smallest absolute Gasteiger partial charge is 0.341 e. The van der Waals surface area contributed by atoms with Gasteiger partial charge in [-0.15, -0.1) is 17.0 Å². The molecule has 1 aromatic rings. The maximum Gasteiger partial charge on any atom is 0.341 e. The second-order valence-electron chi connectivity index (χ2n) is 1.75. The molecule has 1 N–H and O–H groups in total. The van der Waals surface area contributed by atoms with Gasteiger partial charge in [-0.1, -0.05) is 0 Å². The van der Waals surface area contributed by atoms with Crippen LogP contribution in [0.25, 0.3) is 0 Å². The first-order valence-electron chi connectivity index (χ1n) is 2.64. The van der Waals surface area contributed by atoms with Crippen LogP contribution in [0.5, 0.6) is 0 Å². The summed E-state index contributed by atoms with van der Waals surface area (Å²) in [6.45, 7) is 0. The monoisotopic (exact) mass is 438 g/mol. The molecule has 0 saturated carbocycles. The van der Waals surface area contributed by atoms with Gasteiger partial charge in [-0.05, 0) is 47.8 Å². The minimum Gasteiger partial charge on any atom is -0.477 e. The summed E-state index contributed by atoms with van der Waals surface area (Å²) in [5.74, 6) is -1.08. The van der Waals surface area contributed by atoms with Crippen LogP contribution in [0.1, 0.15) is 10.4 Å². The van der Waals surface area contributed by atoms with Crippen molar-refractivity contribution in [2.24, 2.45) is 0 Å². The number of nitrogens with zero attached hydrogens (tertiary/aromatic N) is 2. The highest BCUT2D eigenvalue weighted by Gasteiger charge is 2.16. The molecule has 0 spiro atoms. The molecular weight excluding hydrogens is 440 g/mol. The van der Waals surface area contributed by atoms with Crippen LogP contribution in [-0.4, -0.2) is 21.0 Å². The molecule has 0 aliphatic rings. The number of carboxylic acid groups (broad SMARTS) is 1. The molecule has 13 heavy (non-hydrogen) atoms. The molecule has 4 nitrogen and oxygen atoms in total. The number of aromatic nitrogens is 2. The van der Waals surface area contributed by atoms with Crippen LogP contribution in [0, 0.1) is 0 Å². The normalized spacial score (nSPS) is 9.15. The molecule has 0 saturated heterocycles. The summed E-state index contributed by atoms with van der Waals surface area (Å²) in [6.07, 6.45) is 0. The fourth-order valence-electron chi connectivity index (χ4n) is 0.560. The van der Waals surface area contributed by atoms with E-state index in [-0.39, 0.29) is 31.8 Å². The zero-order valence-electron chi connectivity index (χ0n) is 5.79. The summed E-state index contributed by atoms with van der Waals surface area (Å²) in [5, 5.41) is 8.68. The highest BCUT2D eigenvalue weighted by molar-refractivity contribution is 9.11. The maximum atomic E-state index is 10.6. The van der Waals surface area contributed by atoms with Gasteiger partial charge in [0.05, 0.1) is 0 Å². The van der Waals surface area contributed by atoms with E-state index >= 15 is 0 Å². The molecule has 0 aromatic carbocycles. The second-order valence-corrected chi connectivity index (χ2v) is 3.97. The van der Waals surface area contributed by atoms with Gasteiger partial charge in [0.1, 0.15) is 14.8 Å². The number of hydrogen-bond acceptors (Lipinski definition) is 3. The summed E-state index contributed by atoms with van der Waals surface area (Å²) in [6, 6.07) is 0. The van der Waals surface area contributed by atoms with Crippen molar-refractivity contribution in [3.8, 4) is 0 Å². The van der Waals surface area contributed by atoms with Gasteiger partial charge in [0.25, 0.3) is 0 Å². The molecule has 0 aliphatic carbocycles. The van der Waals surface area contributed by atoms with Crippen molar-refractivity contribution >= 4 is 70.7 Å². The van der Waals surface area contributed by atoms with Gasteiger partial charge in [-0.3, -0.25) is 0 Å². The highest BCUT2D eigenvalue weighted by Crippen LogP contribution is 2.23. The lowest BCUT2D eigenvalue weighted by molar-refractivity contribution is 0.0693. The van der Waals surface area contributed by atoms with E-state index in [1.165, 1.54) is 0 Å². The van der Waals surface area contributed by atoms with E-state index in [1.807, 2.05) is 0 Å². The van der Waals surface area contributed by atoms with Crippen molar-refractivity contribution in [2.45, 2.75) is 0 Å². The van der Waals surface area contributed by atoms with Gasteiger partial charge < -0.3 is 5.11 Å². The molecule has 1 aromatic heterocycles. The predicted molar refractivity (Wildman–Crippen MR) is 62.4 cm³/mol. The van der Waals surface area contributed by atoms with Crippen LogP contribution in [0.15, 0.2) is 13.9 Å². The van der Waals surface area contributed by atoms with Crippen molar-refractivity contribution < 1.29 is 9.90 Å². The Hall–Kier alpha value is 0.470. The van der Waals surface area contributed by atoms with Crippen molar-refractivity contribution in [2.75, 3.05) is 0 Å². The van der Waals surface area contributed by atoms with E-state index < -0.39 is 5.97 Å². The van der Waals surface area contributed by atoms with Crippen molar-refractivity contribution in [1.82, 2.24) is 9.97 Å². The number of carboxylic acids is 1. The average Bonchev–Trinajstić information content (AvgIpc) is 1.82. The topological polar surface area (TPSA) is 63.1 Å². The molecule has 8 heteroatoms. The quantitative estimate of drug-likeness (QED) is 0.537. The molecule has 0 aliphatic heterocycles. The van der Waals surface area contributed by atoms with E-state index in [4.69, 9.17) is 5.11 Å². The van der Waals surface area contributed by atoms with Crippen LogP contribution in [0.2, 0.25) is 0 Å². The lowest BCUT2D eigenvalue weighted by Crippen LogP contribution is -2.03. The number of hydrogen-bond donors (Lipinski definition) is 1. The third-order valence-electron chi connectivity index (χ3n) is 1.01. The fraction of sp³-hybridized carbons (Fsp3) is 0. The Kier molecular flexibility index (Phi) is 5.57. The average molecular weight is 442 g/mol. The Balaban J connectivity index is 0.00000144. The van der Waals surface area contributed by atoms with Crippen LogP contribution in [0.3, 0.4) is 0 Å². The summed E-state index contributed by atoms with van der Waals surface area (Å²) in [5.41, 5.74) is 0.0122. The van der Waals surface area contributed by atoms with Crippen LogP contribution >= 0.6 is 64.8 Å². The Morgan fingerprint density at radius 3 is 1.85 bits per heavy atom. The van der Waals surface area contributed by atoms with Gasteiger partial charge in [-0.25, -0.2) is 14.8 Å². The zero-order chi connectivity index (χ0) is 9.30. The molecular formula is C5H2Br4N2O2. The highest BCUT2D eigenvalue weighted by atomic mass is 79.9. The maximum absolute atomic E-state index is 10.6. The summed E-state index contributed by atoms with van der Waals surface area (Å²) in [4.78, 5) is 18.1. The van der Waals surface area contributed by atoms with Gasteiger partial charge >= 0.3 is 5.97 Å². The first-order valence-corrected chi connectivity index (χ1v) is 5.02. The van der Waals surface area contributed by atoms with E-state index in [0.717, 1.165) is 0 Å². The number of aromatic carboxylic acids is 1. The van der Waals surface area contributed by atoms with E-state index in [2.05, 4.69) is 57.8 Å². The zero-order valence-corrected chi connectivity index (χ0v) is 12.3. The fourth-order valence-corrected chi connectivity index (χ4v) is 2.71. The summed E-state index contributed by atoms with van der Waals surface area (Å²) < 4.78 is 0.804. The summed E-state index contributed by atoms with van der Waals surface area (Å²) in [7, 11) is 0. The second kappa shape index (κ2) is 5.38. The Labute approximate surface area is 109 Å². The SMILES string of the molecule is Br.O=C(O)c1c(Br)nc(Br)nc1Br. The van der Waals surface area contributed by atoms with E-state index in [0.29, 0.717) is 4.73 Å². The molecule has 72 valence electrons. The van der Waals surface area contributed by atoms with Gasteiger partial charge in [-0.2, -0.15) is 0 Å². The van der Waals surface area contributed by atoms with E-state index in [1.54, 1.807) is 0 Å². The molecule has 0 amide bonds. The summed E-state index contributed by atoms with van der Waals surface area (Å²) >= 11 is 9.03. The molecule has 0 radical (unpaired) electrons. The van der Waals surface area contributed by atoms with Crippen LogP contribution in [-0.2, 0) is 0 Å². The van der Waals surface area contributed by atoms with Crippen molar-refractivity contribution in [1.29, 1.82) is 0 Å².